The molecular formula is C14H21O3P. The Morgan fingerprint density at radius 2 is 1.72 bits per heavy atom. The zero-order valence-corrected chi connectivity index (χ0v) is 12.2. The quantitative estimate of drug-likeness (QED) is 0.689. The van der Waals surface area contributed by atoms with Crippen LogP contribution in [0.5, 0.6) is 0 Å². The summed E-state index contributed by atoms with van der Waals surface area (Å²) in [5.74, 6) is 0. The van der Waals surface area contributed by atoms with Crippen LogP contribution >= 0.6 is 7.60 Å². The van der Waals surface area contributed by atoms with Crippen molar-refractivity contribution in [3.05, 3.63) is 41.5 Å². The predicted octanol–water partition coefficient (Wildman–Crippen LogP) is 4.36. The van der Waals surface area contributed by atoms with Crippen molar-refractivity contribution in [2.45, 2.75) is 20.8 Å². The van der Waals surface area contributed by atoms with E-state index in [0.29, 0.717) is 19.4 Å². The maximum absolute atomic E-state index is 12.3. The molecule has 0 spiro atoms. The van der Waals surface area contributed by atoms with E-state index in [1.54, 1.807) is 0 Å². The van der Waals surface area contributed by atoms with Crippen molar-refractivity contribution in [1.29, 1.82) is 0 Å². The lowest BCUT2D eigenvalue weighted by molar-refractivity contribution is 0.222. The van der Waals surface area contributed by atoms with E-state index in [9.17, 15) is 4.57 Å². The summed E-state index contributed by atoms with van der Waals surface area (Å²) in [6.07, 6.45) is 2.34. The Morgan fingerprint density at radius 3 is 2.22 bits per heavy atom. The van der Waals surface area contributed by atoms with Crippen LogP contribution in [0.25, 0.3) is 6.08 Å². The summed E-state index contributed by atoms with van der Waals surface area (Å²) >= 11 is 0. The Kier molecular flexibility index (Phi) is 6.34. The average Bonchev–Trinajstić information content (AvgIpc) is 2.30. The molecule has 1 aromatic carbocycles. The fraction of sp³-hybridized carbons (Fsp3) is 0.429. The van der Waals surface area contributed by atoms with Crippen LogP contribution in [0, 0.1) is 0 Å². The number of hydrogen-bond acceptors (Lipinski definition) is 3. The fourth-order valence-electron chi connectivity index (χ4n) is 1.71. The standard InChI is InChI=1S/C14H21O3P/c1-4-16-18(15,17-5-2)12-13(3)11-14-9-7-6-8-10-14/h6-11H,4-5,12H2,1-3H3. The van der Waals surface area contributed by atoms with Gasteiger partial charge in [0.15, 0.2) is 0 Å². The van der Waals surface area contributed by atoms with Gasteiger partial charge in [0.1, 0.15) is 0 Å². The second-order valence-corrected chi connectivity index (χ2v) is 6.06. The van der Waals surface area contributed by atoms with Crippen molar-refractivity contribution in [1.82, 2.24) is 0 Å². The summed E-state index contributed by atoms with van der Waals surface area (Å²) in [6.45, 7) is 6.38. The van der Waals surface area contributed by atoms with E-state index < -0.39 is 7.60 Å². The van der Waals surface area contributed by atoms with Crippen LogP contribution in [0.4, 0.5) is 0 Å². The Balaban J connectivity index is 2.75. The van der Waals surface area contributed by atoms with Gasteiger partial charge >= 0.3 is 7.60 Å². The van der Waals surface area contributed by atoms with Gasteiger partial charge in [-0.3, -0.25) is 4.57 Å². The first-order chi connectivity index (χ1) is 8.59. The fourth-order valence-corrected chi connectivity index (χ4v) is 3.45. The highest BCUT2D eigenvalue weighted by molar-refractivity contribution is 7.54. The molecule has 0 aliphatic carbocycles. The molecule has 0 radical (unpaired) electrons. The first-order valence-electron chi connectivity index (χ1n) is 6.20. The van der Waals surface area contributed by atoms with E-state index >= 15 is 0 Å². The molecule has 4 heteroatoms. The molecule has 1 rings (SSSR count). The predicted molar refractivity (Wildman–Crippen MR) is 75.8 cm³/mol. The van der Waals surface area contributed by atoms with Crippen LogP contribution < -0.4 is 0 Å². The Labute approximate surface area is 109 Å². The van der Waals surface area contributed by atoms with Crippen molar-refractivity contribution in [2.24, 2.45) is 0 Å². The third-order valence-electron chi connectivity index (χ3n) is 2.31. The maximum atomic E-state index is 12.3. The molecule has 0 saturated heterocycles. The van der Waals surface area contributed by atoms with Crippen LogP contribution in [-0.4, -0.2) is 19.4 Å². The molecule has 0 bridgehead atoms. The topological polar surface area (TPSA) is 35.5 Å². The maximum Gasteiger partial charge on any atom is 0.334 e. The lowest BCUT2D eigenvalue weighted by Crippen LogP contribution is -2.01. The molecule has 0 aliphatic rings. The molecule has 100 valence electrons. The van der Waals surface area contributed by atoms with Crippen LogP contribution in [0.1, 0.15) is 26.3 Å². The van der Waals surface area contributed by atoms with Gasteiger partial charge in [0.2, 0.25) is 0 Å². The van der Waals surface area contributed by atoms with E-state index in [2.05, 4.69) is 0 Å². The second kappa shape index (κ2) is 7.52. The van der Waals surface area contributed by atoms with Gasteiger partial charge < -0.3 is 9.05 Å². The number of rotatable bonds is 7. The molecule has 0 N–H and O–H groups in total. The van der Waals surface area contributed by atoms with Gasteiger partial charge in [-0.2, -0.15) is 0 Å². The molecule has 0 aromatic heterocycles. The first kappa shape index (κ1) is 15.2. The van der Waals surface area contributed by atoms with Crippen molar-refractivity contribution < 1.29 is 13.6 Å². The highest BCUT2D eigenvalue weighted by Crippen LogP contribution is 2.49. The van der Waals surface area contributed by atoms with E-state index in [4.69, 9.17) is 9.05 Å². The molecule has 0 amide bonds. The summed E-state index contributed by atoms with van der Waals surface area (Å²) in [4.78, 5) is 0. The molecule has 0 fully saturated rings. The van der Waals surface area contributed by atoms with E-state index in [1.165, 1.54) is 0 Å². The molecule has 0 heterocycles. The highest BCUT2D eigenvalue weighted by atomic mass is 31.2. The highest BCUT2D eigenvalue weighted by Gasteiger charge is 2.23. The van der Waals surface area contributed by atoms with Crippen molar-refractivity contribution >= 4 is 13.7 Å². The lowest BCUT2D eigenvalue weighted by atomic mass is 10.1. The third-order valence-corrected chi connectivity index (χ3v) is 4.50. The van der Waals surface area contributed by atoms with E-state index in [0.717, 1.165) is 11.1 Å². The Hall–Kier alpha value is -0.890. The van der Waals surface area contributed by atoms with Crippen LogP contribution in [0.2, 0.25) is 0 Å². The van der Waals surface area contributed by atoms with Crippen LogP contribution in [0.15, 0.2) is 35.9 Å². The molecule has 0 aliphatic heterocycles. The van der Waals surface area contributed by atoms with Gasteiger partial charge in [0.05, 0.1) is 19.4 Å². The molecule has 18 heavy (non-hydrogen) atoms. The summed E-state index contributed by atoms with van der Waals surface area (Å²) < 4.78 is 22.9. The van der Waals surface area contributed by atoms with E-state index in [1.807, 2.05) is 57.2 Å². The second-order valence-electron chi connectivity index (χ2n) is 4.01. The summed E-state index contributed by atoms with van der Waals surface area (Å²) in [6, 6.07) is 9.94. The minimum Gasteiger partial charge on any atom is -0.309 e. The number of allylic oxidation sites excluding steroid dienone is 1. The van der Waals surface area contributed by atoms with Gasteiger partial charge in [0, 0.05) is 0 Å². The van der Waals surface area contributed by atoms with Gasteiger partial charge in [-0.1, -0.05) is 42.0 Å². The molecule has 0 saturated carbocycles. The molecular weight excluding hydrogens is 247 g/mol. The molecule has 0 atom stereocenters. The monoisotopic (exact) mass is 268 g/mol. The minimum atomic E-state index is -2.98. The van der Waals surface area contributed by atoms with Crippen LogP contribution in [0.3, 0.4) is 0 Å². The van der Waals surface area contributed by atoms with Gasteiger partial charge in [-0.25, -0.2) is 0 Å². The zero-order valence-electron chi connectivity index (χ0n) is 11.3. The Morgan fingerprint density at radius 1 is 1.17 bits per heavy atom. The third kappa shape index (κ3) is 5.18. The Bertz CT molecular complexity index is 416. The SMILES string of the molecule is CCOP(=O)(CC(C)=Cc1ccccc1)OCC. The average molecular weight is 268 g/mol. The van der Waals surface area contributed by atoms with Gasteiger partial charge in [-0.15, -0.1) is 0 Å². The minimum absolute atomic E-state index is 0.337. The first-order valence-corrected chi connectivity index (χ1v) is 7.93. The summed E-state index contributed by atoms with van der Waals surface area (Å²) in [5, 5.41) is 0. The number of hydrogen-bond donors (Lipinski definition) is 0. The molecule has 1 aromatic rings. The van der Waals surface area contributed by atoms with Gasteiger partial charge in [-0.05, 0) is 26.3 Å². The largest absolute Gasteiger partial charge is 0.334 e. The van der Waals surface area contributed by atoms with Gasteiger partial charge in [0.25, 0.3) is 0 Å². The normalized spacial score (nSPS) is 12.7. The summed E-state index contributed by atoms with van der Waals surface area (Å²) in [5.41, 5.74) is 2.08. The smallest absolute Gasteiger partial charge is 0.309 e. The van der Waals surface area contributed by atoms with Crippen molar-refractivity contribution in [3.63, 3.8) is 0 Å². The number of benzene rings is 1. The molecule has 3 nitrogen and oxygen atoms in total. The van der Waals surface area contributed by atoms with E-state index in [-0.39, 0.29) is 0 Å². The molecule has 0 unspecified atom stereocenters. The van der Waals surface area contributed by atoms with Crippen molar-refractivity contribution in [3.8, 4) is 0 Å². The lowest BCUT2D eigenvalue weighted by Gasteiger charge is -2.17. The summed E-state index contributed by atoms with van der Waals surface area (Å²) in [7, 11) is -2.98. The van der Waals surface area contributed by atoms with Crippen molar-refractivity contribution in [2.75, 3.05) is 19.4 Å². The van der Waals surface area contributed by atoms with Crippen LogP contribution in [-0.2, 0) is 13.6 Å². The zero-order chi connectivity index (χ0) is 13.4.